The summed E-state index contributed by atoms with van der Waals surface area (Å²) in [4.78, 5) is 10.6. The Balaban J connectivity index is 0.00000169. The third kappa shape index (κ3) is 2.90. The van der Waals surface area contributed by atoms with E-state index in [1.165, 1.54) is 12.1 Å². The molecule has 14 heavy (non-hydrogen) atoms. The van der Waals surface area contributed by atoms with E-state index < -0.39 is 5.97 Å². The van der Waals surface area contributed by atoms with Crippen LogP contribution in [0.1, 0.15) is 15.9 Å². The van der Waals surface area contributed by atoms with Crippen molar-refractivity contribution >= 4 is 18.4 Å². The Morgan fingerprint density at radius 2 is 2.07 bits per heavy atom. The molecule has 0 amide bonds. The van der Waals surface area contributed by atoms with Crippen LogP contribution in [0.5, 0.6) is 5.75 Å². The summed E-state index contributed by atoms with van der Waals surface area (Å²) in [5, 5.41) is 17.8. The second kappa shape index (κ2) is 5.47. The number of hydrogen-bond donors (Lipinski definition) is 3. The number of rotatable bonds is 3. The summed E-state index contributed by atoms with van der Waals surface area (Å²) in [5.74, 6) is -1.34. The molecule has 0 saturated carbocycles. The minimum atomic E-state index is -1.13. The number of carbonyl (C=O) groups is 1. The number of hydrogen-bond acceptors (Lipinski definition) is 3. The van der Waals surface area contributed by atoms with Gasteiger partial charge in [0.2, 0.25) is 0 Å². The third-order valence-corrected chi connectivity index (χ3v) is 1.72. The Hall–Kier alpha value is -1.26. The van der Waals surface area contributed by atoms with Crippen molar-refractivity contribution in [2.24, 2.45) is 5.73 Å². The first-order valence-corrected chi connectivity index (χ1v) is 3.90. The van der Waals surface area contributed by atoms with Crippen molar-refractivity contribution < 1.29 is 15.0 Å². The van der Waals surface area contributed by atoms with E-state index in [-0.39, 0.29) is 23.7 Å². The van der Waals surface area contributed by atoms with E-state index in [9.17, 15) is 4.79 Å². The molecule has 0 unspecified atom stereocenters. The van der Waals surface area contributed by atoms with Crippen molar-refractivity contribution in [3.05, 3.63) is 29.3 Å². The van der Waals surface area contributed by atoms with Gasteiger partial charge in [-0.05, 0) is 30.7 Å². The number of carboxylic acids is 1. The van der Waals surface area contributed by atoms with Gasteiger partial charge in [0.25, 0.3) is 0 Å². The average molecular weight is 218 g/mol. The molecule has 0 heterocycles. The Bertz CT molecular complexity index is 328. The summed E-state index contributed by atoms with van der Waals surface area (Å²) in [5.41, 5.74) is 6.05. The molecule has 0 saturated heterocycles. The first-order valence-electron chi connectivity index (χ1n) is 3.90. The molecule has 0 fully saturated rings. The Morgan fingerprint density at radius 1 is 1.43 bits per heavy atom. The maximum absolute atomic E-state index is 10.6. The van der Waals surface area contributed by atoms with Gasteiger partial charge in [-0.25, -0.2) is 4.79 Å². The molecule has 1 aromatic rings. The fourth-order valence-electron chi connectivity index (χ4n) is 1.08. The first-order chi connectivity index (χ1) is 6.15. The van der Waals surface area contributed by atoms with Crippen molar-refractivity contribution in [2.45, 2.75) is 6.42 Å². The molecule has 0 bridgehead atoms. The van der Waals surface area contributed by atoms with Crippen molar-refractivity contribution in [1.82, 2.24) is 0 Å². The number of benzene rings is 1. The molecule has 4 nitrogen and oxygen atoms in total. The van der Waals surface area contributed by atoms with Crippen molar-refractivity contribution in [3.63, 3.8) is 0 Å². The maximum Gasteiger partial charge on any atom is 0.339 e. The summed E-state index contributed by atoms with van der Waals surface area (Å²) >= 11 is 0. The lowest BCUT2D eigenvalue weighted by Crippen LogP contribution is -2.04. The Morgan fingerprint density at radius 3 is 2.57 bits per heavy atom. The smallest absolute Gasteiger partial charge is 0.339 e. The zero-order valence-corrected chi connectivity index (χ0v) is 8.25. The highest BCUT2D eigenvalue weighted by molar-refractivity contribution is 5.90. The van der Waals surface area contributed by atoms with Crippen LogP contribution in [0, 0.1) is 0 Å². The molecule has 4 N–H and O–H groups in total. The normalized spacial score (nSPS) is 9.21. The fraction of sp³-hybridized carbons (Fsp3) is 0.222. The minimum absolute atomic E-state index is 0. The van der Waals surface area contributed by atoms with Gasteiger partial charge in [0.15, 0.2) is 0 Å². The summed E-state index contributed by atoms with van der Waals surface area (Å²) < 4.78 is 0. The van der Waals surface area contributed by atoms with E-state index in [0.29, 0.717) is 13.0 Å². The third-order valence-electron chi connectivity index (χ3n) is 1.72. The van der Waals surface area contributed by atoms with Crippen LogP contribution in [-0.4, -0.2) is 22.7 Å². The van der Waals surface area contributed by atoms with E-state index in [4.69, 9.17) is 15.9 Å². The lowest BCUT2D eigenvalue weighted by molar-refractivity contribution is 0.0693. The standard InChI is InChI=1S/C9H11NO3.ClH/c10-4-3-6-1-2-8(11)7(5-6)9(12)13;/h1-2,5,11H,3-4,10H2,(H,12,13);1H. The van der Waals surface area contributed by atoms with E-state index in [0.717, 1.165) is 5.56 Å². The zero-order valence-electron chi connectivity index (χ0n) is 7.43. The van der Waals surface area contributed by atoms with Crippen LogP contribution in [0.25, 0.3) is 0 Å². The lowest BCUT2D eigenvalue weighted by Gasteiger charge is -2.02. The summed E-state index contributed by atoms with van der Waals surface area (Å²) in [6.45, 7) is 0.462. The number of halogens is 1. The number of carboxylic acid groups (broad SMARTS) is 1. The molecule has 0 atom stereocenters. The van der Waals surface area contributed by atoms with Crippen LogP contribution in [0.4, 0.5) is 0 Å². The van der Waals surface area contributed by atoms with Gasteiger partial charge >= 0.3 is 5.97 Å². The number of aromatic hydroxyl groups is 1. The topological polar surface area (TPSA) is 83.5 Å². The van der Waals surface area contributed by atoms with E-state index in [2.05, 4.69) is 0 Å². The van der Waals surface area contributed by atoms with Crippen LogP contribution < -0.4 is 5.73 Å². The molecule has 5 heteroatoms. The summed E-state index contributed by atoms with van der Waals surface area (Å²) in [6.07, 6.45) is 0.612. The fourth-order valence-corrected chi connectivity index (χ4v) is 1.08. The van der Waals surface area contributed by atoms with E-state index in [1.54, 1.807) is 6.07 Å². The summed E-state index contributed by atoms with van der Waals surface area (Å²) in [6, 6.07) is 4.47. The molecule has 0 aromatic heterocycles. The predicted molar refractivity (Wildman–Crippen MR) is 55.1 cm³/mol. The van der Waals surface area contributed by atoms with Crippen LogP contribution in [0.2, 0.25) is 0 Å². The van der Waals surface area contributed by atoms with Gasteiger partial charge in [-0.2, -0.15) is 0 Å². The van der Waals surface area contributed by atoms with Gasteiger partial charge in [0.05, 0.1) is 0 Å². The Kier molecular flexibility index (Phi) is 4.97. The molecule has 0 aliphatic rings. The molecule has 78 valence electrons. The number of nitrogens with two attached hydrogens (primary N) is 1. The molecule has 1 aromatic carbocycles. The van der Waals surface area contributed by atoms with Crippen molar-refractivity contribution in [3.8, 4) is 5.75 Å². The van der Waals surface area contributed by atoms with E-state index >= 15 is 0 Å². The van der Waals surface area contributed by atoms with Crippen LogP contribution in [-0.2, 0) is 6.42 Å². The average Bonchev–Trinajstić information content (AvgIpc) is 2.08. The highest BCUT2D eigenvalue weighted by Gasteiger charge is 2.09. The van der Waals surface area contributed by atoms with Gasteiger partial charge in [0, 0.05) is 0 Å². The first kappa shape index (κ1) is 12.7. The molecular formula is C9H12ClNO3. The number of aromatic carboxylic acids is 1. The predicted octanol–water partition coefficient (Wildman–Crippen LogP) is 1.01. The second-order valence-electron chi connectivity index (χ2n) is 2.70. The molecule has 0 aliphatic heterocycles. The van der Waals surface area contributed by atoms with Crippen molar-refractivity contribution in [2.75, 3.05) is 6.54 Å². The highest BCUT2D eigenvalue weighted by Crippen LogP contribution is 2.18. The van der Waals surface area contributed by atoms with Crippen molar-refractivity contribution in [1.29, 1.82) is 0 Å². The largest absolute Gasteiger partial charge is 0.507 e. The maximum atomic E-state index is 10.6. The molecule has 0 aliphatic carbocycles. The number of phenols is 1. The monoisotopic (exact) mass is 217 g/mol. The highest BCUT2D eigenvalue weighted by atomic mass is 35.5. The summed E-state index contributed by atoms with van der Waals surface area (Å²) in [7, 11) is 0. The molecular weight excluding hydrogens is 206 g/mol. The van der Waals surface area contributed by atoms with Gasteiger partial charge in [-0.1, -0.05) is 6.07 Å². The van der Waals surface area contributed by atoms with E-state index in [1.807, 2.05) is 0 Å². The van der Waals surface area contributed by atoms with Gasteiger partial charge < -0.3 is 15.9 Å². The SMILES string of the molecule is Cl.NCCc1ccc(O)c(C(=O)O)c1. The van der Waals surface area contributed by atoms with Gasteiger partial charge in [-0.15, -0.1) is 12.4 Å². The molecule has 0 radical (unpaired) electrons. The minimum Gasteiger partial charge on any atom is -0.507 e. The molecule has 1 rings (SSSR count). The van der Waals surface area contributed by atoms with Crippen LogP contribution >= 0.6 is 12.4 Å². The lowest BCUT2D eigenvalue weighted by atomic mass is 10.1. The Labute approximate surface area is 87.8 Å². The second-order valence-corrected chi connectivity index (χ2v) is 2.70. The van der Waals surface area contributed by atoms with Crippen LogP contribution in [0.15, 0.2) is 18.2 Å². The quantitative estimate of drug-likeness (QED) is 0.706. The zero-order chi connectivity index (χ0) is 9.84. The van der Waals surface area contributed by atoms with Gasteiger partial charge in [0.1, 0.15) is 11.3 Å². The van der Waals surface area contributed by atoms with Gasteiger partial charge in [-0.3, -0.25) is 0 Å². The van der Waals surface area contributed by atoms with Crippen LogP contribution in [0.3, 0.4) is 0 Å². The molecule has 0 spiro atoms.